The first-order chi connectivity index (χ1) is 9.56. The molecule has 0 unspecified atom stereocenters. The summed E-state index contributed by atoms with van der Waals surface area (Å²) in [6.45, 7) is 3.37. The lowest BCUT2D eigenvalue weighted by molar-refractivity contribution is -0.116. The van der Waals surface area contributed by atoms with Crippen LogP contribution in [0.4, 0.5) is 10.5 Å². The van der Waals surface area contributed by atoms with E-state index in [4.69, 9.17) is 16.3 Å². The van der Waals surface area contributed by atoms with Crippen LogP contribution in [0.5, 0.6) is 0 Å². The molecule has 0 radical (unpaired) electrons. The summed E-state index contributed by atoms with van der Waals surface area (Å²) < 4.78 is 4.91. The Balaban J connectivity index is 1.83. The van der Waals surface area contributed by atoms with Crippen molar-refractivity contribution in [1.29, 1.82) is 0 Å². The number of halogens is 1. The molecule has 1 aromatic carbocycles. The van der Waals surface area contributed by atoms with Crippen molar-refractivity contribution in [2.75, 3.05) is 25.0 Å². The molecule has 20 heavy (non-hydrogen) atoms. The van der Waals surface area contributed by atoms with Crippen molar-refractivity contribution in [2.24, 2.45) is 0 Å². The maximum atomic E-state index is 11.8. The van der Waals surface area contributed by atoms with Crippen LogP contribution in [0.2, 0.25) is 5.02 Å². The minimum Gasteiger partial charge on any atom is -0.449 e. The van der Waals surface area contributed by atoms with E-state index in [-0.39, 0.29) is 18.4 Å². The third-order valence-electron chi connectivity index (χ3n) is 3.12. The molecule has 1 aliphatic heterocycles. The summed E-state index contributed by atoms with van der Waals surface area (Å²) in [6, 6.07) is 5.36. The predicted molar refractivity (Wildman–Crippen MR) is 77.0 cm³/mol. The maximum Gasteiger partial charge on any atom is 0.409 e. The van der Waals surface area contributed by atoms with Crippen LogP contribution in [-0.2, 0) is 9.53 Å². The smallest absolute Gasteiger partial charge is 0.409 e. The number of hydrogen-bond acceptors (Lipinski definition) is 3. The van der Waals surface area contributed by atoms with Crippen LogP contribution < -0.4 is 5.32 Å². The lowest BCUT2D eigenvalue weighted by Crippen LogP contribution is -2.39. The minimum atomic E-state index is -0.345. The number of hydrogen-bond donors (Lipinski definition) is 1. The Hall–Kier alpha value is -1.75. The van der Waals surface area contributed by atoms with Crippen molar-refractivity contribution in [2.45, 2.75) is 19.8 Å². The zero-order chi connectivity index (χ0) is 14.5. The van der Waals surface area contributed by atoms with Crippen LogP contribution in [0.3, 0.4) is 0 Å². The van der Waals surface area contributed by atoms with Gasteiger partial charge in [-0.15, -0.1) is 0 Å². The van der Waals surface area contributed by atoms with E-state index in [0.29, 0.717) is 30.4 Å². The standard InChI is InChI=1S/C14H17ClN2O3/c1-10-3-4-11(9-12(10)15)16-13(18)5-7-17-6-2-8-20-14(17)19/h3-4,9H,2,5-8H2,1H3,(H,16,18). The number of ether oxygens (including phenoxy) is 1. The van der Waals surface area contributed by atoms with E-state index in [0.717, 1.165) is 12.0 Å². The zero-order valence-corrected chi connectivity index (χ0v) is 12.1. The summed E-state index contributed by atoms with van der Waals surface area (Å²) >= 11 is 5.99. The van der Waals surface area contributed by atoms with E-state index in [9.17, 15) is 9.59 Å². The average molecular weight is 297 g/mol. The van der Waals surface area contributed by atoms with Gasteiger partial charge >= 0.3 is 6.09 Å². The number of nitrogens with one attached hydrogen (secondary N) is 1. The van der Waals surface area contributed by atoms with Crippen molar-refractivity contribution in [1.82, 2.24) is 4.90 Å². The van der Waals surface area contributed by atoms with Gasteiger partial charge in [0.1, 0.15) is 0 Å². The molecule has 2 amide bonds. The minimum absolute atomic E-state index is 0.150. The van der Waals surface area contributed by atoms with Crippen LogP contribution in [-0.4, -0.2) is 36.6 Å². The van der Waals surface area contributed by atoms with Gasteiger partial charge in [0.15, 0.2) is 0 Å². The quantitative estimate of drug-likeness (QED) is 0.929. The molecule has 1 N–H and O–H groups in total. The van der Waals surface area contributed by atoms with E-state index in [1.165, 1.54) is 0 Å². The second kappa shape index (κ2) is 6.61. The molecule has 1 saturated heterocycles. The summed E-state index contributed by atoms with van der Waals surface area (Å²) in [6.07, 6.45) is 0.698. The van der Waals surface area contributed by atoms with E-state index in [2.05, 4.69) is 5.32 Å². The van der Waals surface area contributed by atoms with Gasteiger partial charge in [-0.3, -0.25) is 4.79 Å². The Morgan fingerprint density at radius 1 is 1.50 bits per heavy atom. The number of anilines is 1. The summed E-state index contributed by atoms with van der Waals surface area (Å²) in [5.41, 5.74) is 1.62. The Kier molecular flexibility index (Phi) is 4.84. The van der Waals surface area contributed by atoms with Gasteiger partial charge in [0.2, 0.25) is 5.91 Å². The summed E-state index contributed by atoms with van der Waals surface area (Å²) in [5, 5.41) is 3.38. The van der Waals surface area contributed by atoms with E-state index in [1.54, 1.807) is 17.0 Å². The van der Waals surface area contributed by atoms with Gasteiger partial charge in [-0.1, -0.05) is 17.7 Å². The summed E-state index contributed by atoms with van der Waals surface area (Å²) in [4.78, 5) is 24.8. The molecule has 1 aromatic rings. The summed E-state index contributed by atoms with van der Waals surface area (Å²) in [7, 11) is 0. The predicted octanol–water partition coefficient (Wildman–Crippen LogP) is 2.82. The van der Waals surface area contributed by atoms with Gasteiger partial charge in [0.25, 0.3) is 0 Å². The molecule has 0 spiro atoms. The molecule has 0 aromatic heterocycles. The van der Waals surface area contributed by atoms with Crippen molar-refractivity contribution in [3.8, 4) is 0 Å². The van der Waals surface area contributed by atoms with Crippen LogP contribution in [0.15, 0.2) is 18.2 Å². The average Bonchev–Trinajstić information content (AvgIpc) is 2.42. The van der Waals surface area contributed by atoms with Gasteiger partial charge < -0.3 is 15.0 Å². The van der Waals surface area contributed by atoms with Crippen LogP contribution >= 0.6 is 11.6 Å². The van der Waals surface area contributed by atoms with E-state index < -0.39 is 0 Å². The first-order valence-electron chi connectivity index (χ1n) is 6.54. The third kappa shape index (κ3) is 3.87. The number of carbonyl (C=O) groups is 2. The molecule has 1 fully saturated rings. The monoisotopic (exact) mass is 296 g/mol. The molecule has 2 rings (SSSR count). The lowest BCUT2D eigenvalue weighted by atomic mass is 10.2. The van der Waals surface area contributed by atoms with Crippen molar-refractivity contribution < 1.29 is 14.3 Å². The Morgan fingerprint density at radius 3 is 3.00 bits per heavy atom. The zero-order valence-electron chi connectivity index (χ0n) is 11.3. The first-order valence-corrected chi connectivity index (χ1v) is 6.92. The Bertz CT molecular complexity index is 519. The highest BCUT2D eigenvalue weighted by molar-refractivity contribution is 6.31. The van der Waals surface area contributed by atoms with Gasteiger partial charge in [0.05, 0.1) is 6.61 Å². The molecule has 1 heterocycles. The number of rotatable bonds is 4. The molecule has 0 atom stereocenters. The first kappa shape index (κ1) is 14.7. The molecule has 0 bridgehead atoms. The van der Waals surface area contributed by atoms with Gasteiger partial charge in [-0.25, -0.2) is 4.79 Å². The number of nitrogens with zero attached hydrogens (tertiary/aromatic N) is 1. The third-order valence-corrected chi connectivity index (χ3v) is 3.53. The van der Waals surface area contributed by atoms with E-state index >= 15 is 0 Å². The van der Waals surface area contributed by atoms with Gasteiger partial charge in [-0.2, -0.15) is 0 Å². The maximum absolute atomic E-state index is 11.8. The summed E-state index contributed by atoms with van der Waals surface area (Å²) in [5.74, 6) is -0.150. The molecular weight excluding hydrogens is 280 g/mol. The fourth-order valence-electron chi connectivity index (χ4n) is 1.93. The largest absolute Gasteiger partial charge is 0.449 e. The van der Waals surface area contributed by atoms with Crippen LogP contribution in [0.1, 0.15) is 18.4 Å². The van der Waals surface area contributed by atoms with Crippen LogP contribution in [0, 0.1) is 6.92 Å². The van der Waals surface area contributed by atoms with Crippen LogP contribution in [0.25, 0.3) is 0 Å². The van der Waals surface area contributed by atoms with Crippen molar-refractivity contribution in [3.63, 3.8) is 0 Å². The second-order valence-corrected chi connectivity index (χ2v) is 5.12. The lowest BCUT2D eigenvalue weighted by Gasteiger charge is -2.25. The number of carbonyl (C=O) groups excluding carboxylic acids is 2. The Labute approximate surface area is 122 Å². The Morgan fingerprint density at radius 2 is 2.30 bits per heavy atom. The molecule has 6 heteroatoms. The fourth-order valence-corrected chi connectivity index (χ4v) is 2.11. The number of aryl methyl sites for hydroxylation is 1. The van der Waals surface area contributed by atoms with E-state index in [1.807, 2.05) is 13.0 Å². The normalized spacial score (nSPS) is 14.9. The number of benzene rings is 1. The van der Waals surface area contributed by atoms with Crippen molar-refractivity contribution in [3.05, 3.63) is 28.8 Å². The second-order valence-electron chi connectivity index (χ2n) is 4.72. The van der Waals surface area contributed by atoms with Gasteiger partial charge in [-0.05, 0) is 31.0 Å². The van der Waals surface area contributed by atoms with Crippen molar-refractivity contribution >= 4 is 29.3 Å². The fraction of sp³-hybridized carbons (Fsp3) is 0.429. The highest BCUT2D eigenvalue weighted by atomic mass is 35.5. The topological polar surface area (TPSA) is 58.6 Å². The number of cyclic esters (lactones) is 1. The highest BCUT2D eigenvalue weighted by Crippen LogP contribution is 2.20. The molecule has 0 aliphatic carbocycles. The highest BCUT2D eigenvalue weighted by Gasteiger charge is 2.19. The molecule has 108 valence electrons. The molecule has 0 saturated carbocycles. The molecular formula is C14H17ClN2O3. The number of amides is 2. The molecule has 5 nitrogen and oxygen atoms in total. The SMILES string of the molecule is Cc1ccc(NC(=O)CCN2CCCOC2=O)cc1Cl. The molecule has 1 aliphatic rings. The van der Waals surface area contributed by atoms with Gasteiger partial charge in [0, 0.05) is 30.2 Å².